The number of nitrogens with zero attached hydrogens (tertiary/aromatic N) is 3. The van der Waals surface area contributed by atoms with Crippen LogP contribution >= 0.6 is 0 Å². The lowest BCUT2D eigenvalue weighted by Gasteiger charge is -2.18. The van der Waals surface area contributed by atoms with E-state index in [1.54, 1.807) is 18.3 Å². The minimum atomic E-state index is -0.476. The van der Waals surface area contributed by atoms with Gasteiger partial charge in [0.15, 0.2) is 5.82 Å². The molecule has 118 valence electrons. The van der Waals surface area contributed by atoms with Gasteiger partial charge in [-0.3, -0.25) is 9.78 Å². The van der Waals surface area contributed by atoms with E-state index in [9.17, 15) is 4.79 Å². The van der Waals surface area contributed by atoms with Crippen LogP contribution in [0.15, 0.2) is 18.3 Å². The van der Waals surface area contributed by atoms with Crippen LogP contribution in [-0.2, 0) is 4.79 Å². The first-order valence-electron chi connectivity index (χ1n) is 7.19. The van der Waals surface area contributed by atoms with Crippen molar-refractivity contribution >= 4 is 28.7 Å². The molecule has 0 unspecified atom stereocenters. The Hall–Kier alpha value is -2.48. The Labute approximate surface area is 128 Å². The average molecular weight is 304 g/mol. The predicted molar refractivity (Wildman–Crippen MR) is 84.2 cm³/mol. The zero-order valence-corrected chi connectivity index (χ0v) is 12.4. The molecule has 0 aromatic carbocycles. The lowest BCUT2D eigenvalue weighted by Crippen LogP contribution is -2.41. The minimum absolute atomic E-state index is 0.102. The summed E-state index contributed by atoms with van der Waals surface area (Å²) in [6.07, 6.45) is 3.07. The third kappa shape index (κ3) is 3.79. The third-order valence-corrected chi connectivity index (χ3v) is 3.09. The van der Waals surface area contributed by atoms with Crippen molar-refractivity contribution in [2.45, 2.75) is 25.8 Å². The average Bonchev–Trinajstić information content (AvgIpc) is 2.52. The number of carbonyl (C=O) groups excluding carboxylic acids is 1. The standard InChI is InChI=1S/C14H20N6O2/c1-2-4-10(13(22)17-7-8-21)18-12-11-9(5-3-6-16-11)19-14(15)20-12/h3,5-6,10,21H,2,4,7-8H2,1H3,(H,17,22)(H3,15,18,19,20)/t10-/m0/s1. The van der Waals surface area contributed by atoms with Crippen LogP contribution in [0, 0.1) is 0 Å². The van der Waals surface area contributed by atoms with Crippen molar-refractivity contribution < 1.29 is 9.90 Å². The van der Waals surface area contributed by atoms with Gasteiger partial charge in [0.05, 0.1) is 12.1 Å². The van der Waals surface area contributed by atoms with E-state index in [1.807, 2.05) is 6.92 Å². The van der Waals surface area contributed by atoms with Crippen LogP contribution in [0.5, 0.6) is 0 Å². The molecule has 2 rings (SSSR count). The van der Waals surface area contributed by atoms with Crippen LogP contribution in [-0.4, -0.2) is 45.2 Å². The highest BCUT2D eigenvalue weighted by atomic mass is 16.3. The van der Waals surface area contributed by atoms with Crippen molar-refractivity contribution in [3.05, 3.63) is 18.3 Å². The quantitative estimate of drug-likeness (QED) is 0.579. The fourth-order valence-electron chi connectivity index (χ4n) is 2.11. The number of amides is 1. The summed E-state index contributed by atoms with van der Waals surface area (Å²) < 4.78 is 0. The number of nitrogen functional groups attached to an aromatic ring is 1. The van der Waals surface area contributed by atoms with Gasteiger partial charge in [0, 0.05) is 12.7 Å². The monoisotopic (exact) mass is 304 g/mol. The van der Waals surface area contributed by atoms with Gasteiger partial charge in [-0.2, -0.15) is 4.98 Å². The second-order valence-electron chi connectivity index (χ2n) is 4.80. The van der Waals surface area contributed by atoms with Gasteiger partial charge in [0.25, 0.3) is 0 Å². The van der Waals surface area contributed by atoms with Gasteiger partial charge in [-0.05, 0) is 18.6 Å². The van der Waals surface area contributed by atoms with Crippen molar-refractivity contribution in [2.24, 2.45) is 0 Å². The normalized spacial score (nSPS) is 12.1. The third-order valence-electron chi connectivity index (χ3n) is 3.09. The molecule has 0 bridgehead atoms. The molecule has 0 saturated carbocycles. The number of fused-ring (bicyclic) bond motifs is 1. The molecule has 2 aromatic rings. The van der Waals surface area contributed by atoms with Crippen LogP contribution < -0.4 is 16.4 Å². The van der Waals surface area contributed by atoms with E-state index in [4.69, 9.17) is 10.8 Å². The zero-order chi connectivity index (χ0) is 15.9. The van der Waals surface area contributed by atoms with Gasteiger partial charge < -0.3 is 21.5 Å². The van der Waals surface area contributed by atoms with Crippen LogP contribution in [0.4, 0.5) is 11.8 Å². The Bertz CT molecular complexity index is 648. The number of aromatic nitrogens is 3. The lowest BCUT2D eigenvalue weighted by molar-refractivity contribution is -0.122. The molecular formula is C14H20N6O2. The summed E-state index contributed by atoms with van der Waals surface area (Å²) in [5.74, 6) is 0.354. The zero-order valence-electron chi connectivity index (χ0n) is 12.4. The van der Waals surface area contributed by atoms with Gasteiger partial charge in [-0.1, -0.05) is 13.3 Å². The molecule has 1 atom stereocenters. The number of aliphatic hydroxyl groups excluding tert-OH is 1. The maximum absolute atomic E-state index is 12.1. The first-order chi connectivity index (χ1) is 10.7. The number of carbonyl (C=O) groups is 1. The Balaban J connectivity index is 2.27. The second-order valence-corrected chi connectivity index (χ2v) is 4.80. The van der Waals surface area contributed by atoms with Gasteiger partial charge in [0.2, 0.25) is 11.9 Å². The molecule has 0 fully saturated rings. The molecule has 8 nitrogen and oxygen atoms in total. The maximum Gasteiger partial charge on any atom is 0.242 e. The molecule has 1 amide bonds. The number of rotatable bonds is 7. The highest BCUT2D eigenvalue weighted by Crippen LogP contribution is 2.20. The SMILES string of the molecule is CCC[C@H](Nc1nc(N)nc2cccnc12)C(=O)NCCO. The van der Waals surface area contributed by atoms with E-state index in [0.717, 1.165) is 6.42 Å². The Kier molecular flexibility index (Phi) is 5.42. The van der Waals surface area contributed by atoms with Crippen molar-refractivity contribution in [3.63, 3.8) is 0 Å². The number of nitrogens with two attached hydrogens (primary N) is 1. The van der Waals surface area contributed by atoms with Gasteiger partial charge >= 0.3 is 0 Å². The molecule has 2 heterocycles. The van der Waals surface area contributed by atoms with Gasteiger partial charge in [0.1, 0.15) is 11.6 Å². The molecule has 0 saturated heterocycles. The number of hydrogen-bond donors (Lipinski definition) is 4. The highest BCUT2D eigenvalue weighted by molar-refractivity contribution is 5.90. The number of aliphatic hydroxyl groups is 1. The Morgan fingerprint density at radius 3 is 3.00 bits per heavy atom. The molecule has 5 N–H and O–H groups in total. The number of anilines is 2. The van der Waals surface area contributed by atoms with E-state index in [0.29, 0.717) is 23.3 Å². The maximum atomic E-state index is 12.1. The summed E-state index contributed by atoms with van der Waals surface area (Å²) in [6, 6.07) is 3.07. The van der Waals surface area contributed by atoms with Crippen molar-refractivity contribution in [2.75, 3.05) is 24.2 Å². The highest BCUT2D eigenvalue weighted by Gasteiger charge is 2.19. The van der Waals surface area contributed by atoms with Crippen LogP contribution in [0.1, 0.15) is 19.8 Å². The van der Waals surface area contributed by atoms with Crippen LogP contribution in [0.2, 0.25) is 0 Å². The van der Waals surface area contributed by atoms with Gasteiger partial charge in [-0.25, -0.2) is 4.98 Å². The fourth-order valence-corrected chi connectivity index (χ4v) is 2.11. The summed E-state index contributed by atoms with van der Waals surface area (Å²) in [4.78, 5) is 24.6. The van der Waals surface area contributed by atoms with Crippen molar-refractivity contribution in [1.82, 2.24) is 20.3 Å². The summed E-state index contributed by atoms with van der Waals surface area (Å²) in [7, 11) is 0. The molecule has 8 heteroatoms. The molecule has 0 aliphatic heterocycles. The Morgan fingerprint density at radius 1 is 1.45 bits per heavy atom. The summed E-state index contributed by atoms with van der Waals surface area (Å²) >= 11 is 0. The molecule has 2 aromatic heterocycles. The molecule has 0 radical (unpaired) electrons. The van der Waals surface area contributed by atoms with Crippen LogP contribution in [0.3, 0.4) is 0 Å². The lowest BCUT2D eigenvalue weighted by atomic mass is 10.1. The number of hydrogen-bond acceptors (Lipinski definition) is 7. The molecular weight excluding hydrogens is 284 g/mol. The van der Waals surface area contributed by atoms with Crippen LogP contribution in [0.25, 0.3) is 11.0 Å². The first kappa shape index (κ1) is 15.9. The minimum Gasteiger partial charge on any atom is -0.395 e. The molecule has 0 aliphatic carbocycles. The number of nitrogens with one attached hydrogen (secondary N) is 2. The first-order valence-corrected chi connectivity index (χ1v) is 7.19. The number of pyridine rings is 1. The van der Waals surface area contributed by atoms with E-state index >= 15 is 0 Å². The van der Waals surface area contributed by atoms with E-state index in [-0.39, 0.29) is 25.0 Å². The summed E-state index contributed by atoms with van der Waals surface area (Å²) in [5, 5.41) is 14.6. The summed E-state index contributed by atoms with van der Waals surface area (Å²) in [6.45, 7) is 2.10. The predicted octanol–water partition coefficient (Wildman–Crippen LogP) is 0.296. The Morgan fingerprint density at radius 2 is 2.27 bits per heavy atom. The largest absolute Gasteiger partial charge is 0.395 e. The topological polar surface area (TPSA) is 126 Å². The molecule has 0 spiro atoms. The summed E-state index contributed by atoms with van der Waals surface area (Å²) in [5.41, 5.74) is 6.88. The second kappa shape index (κ2) is 7.51. The van der Waals surface area contributed by atoms with E-state index < -0.39 is 6.04 Å². The fraction of sp³-hybridized carbons (Fsp3) is 0.429. The van der Waals surface area contributed by atoms with Gasteiger partial charge in [-0.15, -0.1) is 0 Å². The molecule has 0 aliphatic rings. The van der Waals surface area contributed by atoms with Crippen molar-refractivity contribution in [1.29, 1.82) is 0 Å². The molecule has 22 heavy (non-hydrogen) atoms. The van der Waals surface area contributed by atoms with E-state index in [2.05, 4.69) is 25.6 Å². The smallest absolute Gasteiger partial charge is 0.242 e. The van der Waals surface area contributed by atoms with Crippen molar-refractivity contribution in [3.8, 4) is 0 Å². The van der Waals surface area contributed by atoms with E-state index in [1.165, 1.54) is 0 Å².